The van der Waals surface area contributed by atoms with Crippen molar-refractivity contribution in [2.75, 3.05) is 37.6 Å². The summed E-state index contributed by atoms with van der Waals surface area (Å²) < 4.78 is 0. The number of rotatable bonds is 2. The maximum Gasteiger partial charge on any atom is 0.407 e. The Morgan fingerprint density at radius 1 is 1.32 bits per heavy atom. The van der Waals surface area contributed by atoms with Gasteiger partial charge in [0.1, 0.15) is 11.6 Å². The van der Waals surface area contributed by atoms with Crippen LogP contribution in [0.4, 0.5) is 10.6 Å². The zero-order valence-electron chi connectivity index (χ0n) is 12.2. The van der Waals surface area contributed by atoms with Crippen LogP contribution in [-0.2, 0) is 19.4 Å². The fourth-order valence-electron chi connectivity index (χ4n) is 2.91. The molecule has 0 spiro atoms. The first-order valence-corrected chi connectivity index (χ1v) is 7.38. The van der Waals surface area contributed by atoms with E-state index in [0.717, 1.165) is 30.0 Å². The fraction of sp³-hybridized carbons (Fsp3) is 0.571. The monoisotopic (exact) mass is 302 g/mol. The maximum absolute atomic E-state index is 11.0. The van der Waals surface area contributed by atoms with Gasteiger partial charge in [0.15, 0.2) is 0 Å². The molecule has 1 aromatic heterocycles. The van der Waals surface area contributed by atoms with Crippen LogP contribution in [0.2, 0.25) is 0 Å². The van der Waals surface area contributed by atoms with Crippen molar-refractivity contribution < 1.29 is 9.90 Å². The van der Waals surface area contributed by atoms with Gasteiger partial charge in [0.25, 0.3) is 0 Å². The van der Waals surface area contributed by atoms with E-state index in [-0.39, 0.29) is 6.42 Å². The van der Waals surface area contributed by atoms with Crippen LogP contribution in [0.25, 0.3) is 0 Å². The first-order chi connectivity index (χ1) is 10.7. The van der Waals surface area contributed by atoms with Gasteiger partial charge in [-0.15, -0.1) is 0 Å². The minimum Gasteiger partial charge on any atom is -0.465 e. The third kappa shape index (κ3) is 2.80. The molecule has 0 bridgehead atoms. The van der Waals surface area contributed by atoms with E-state index in [9.17, 15) is 4.79 Å². The molecule has 8 nitrogen and oxygen atoms in total. The fourth-order valence-corrected chi connectivity index (χ4v) is 2.91. The SMILES string of the molecule is N#CCc1nc2c(c(N3CCN(C(=O)O)CC3)n1)CCNC2. The van der Waals surface area contributed by atoms with Gasteiger partial charge < -0.3 is 20.2 Å². The molecule has 0 aliphatic carbocycles. The summed E-state index contributed by atoms with van der Waals surface area (Å²) in [5.41, 5.74) is 2.09. The average molecular weight is 302 g/mol. The lowest BCUT2D eigenvalue weighted by molar-refractivity contribution is 0.142. The number of piperazine rings is 1. The van der Waals surface area contributed by atoms with Crippen LogP contribution in [0.15, 0.2) is 0 Å². The van der Waals surface area contributed by atoms with Crippen molar-refractivity contribution in [3.8, 4) is 6.07 Å². The first-order valence-electron chi connectivity index (χ1n) is 7.38. The highest BCUT2D eigenvalue weighted by Crippen LogP contribution is 2.25. The number of carbonyl (C=O) groups is 1. The van der Waals surface area contributed by atoms with E-state index < -0.39 is 6.09 Å². The smallest absolute Gasteiger partial charge is 0.407 e. The molecule has 2 aliphatic rings. The van der Waals surface area contributed by atoms with Crippen LogP contribution >= 0.6 is 0 Å². The molecule has 3 heterocycles. The molecule has 2 N–H and O–H groups in total. The van der Waals surface area contributed by atoms with Crippen LogP contribution in [0.5, 0.6) is 0 Å². The summed E-state index contributed by atoms with van der Waals surface area (Å²) >= 11 is 0. The second-order valence-corrected chi connectivity index (χ2v) is 5.41. The van der Waals surface area contributed by atoms with E-state index >= 15 is 0 Å². The summed E-state index contributed by atoms with van der Waals surface area (Å²) in [6, 6.07) is 2.09. The third-order valence-electron chi connectivity index (χ3n) is 4.05. The number of anilines is 1. The van der Waals surface area contributed by atoms with Gasteiger partial charge in [-0.1, -0.05) is 0 Å². The number of fused-ring (bicyclic) bond motifs is 1. The number of aromatic nitrogens is 2. The Labute approximate surface area is 128 Å². The lowest BCUT2D eigenvalue weighted by Crippen LogP contribution is -2.49. The molecule has 1 amide bonds. The normalized spacial score (nSPS) is 17.8. The Hall–Kier alpha value is -2.40. The third-order valence-corrected chi connectivity index (χ3v) is 4.05. The molecule has 3 rings (SSSR count). The van der Waals surface area contributed by atoms with Gasteiger partial charge in [-0.3, -0.25) is 0 Å². The van der Waals surface area contributed by atoms with Crippen molar-refractivity contribution in [3.63, 3.8) is 0 Å². The van der Waals surface area contributed by atoms with Gasteiger partial charge in [-0.05, 0) is 13.0 Å². The molecule has 0 atom stereocenters. The topological polar surface area (TPSA) is 105 Å². The number of hydrogen-bond acceptors (Lipinski definition) is 6. The Kier molecular flexibility index (Phi) is 4.06. The molecule has 0 radical (unpaired) electrons. The second kappa shape index (κ2) is 6.15. The summed E-state index contributed by atoms with van der Waals surface area (Å²) in [5, 5.41) is 21.2. The van der Waals surface area contributed by atoms with Crippen molar-refractivity contribution in [3.05, 3.63) is 17.1 Å². The highest BCUT2D eigenvalue weighted by Gasteiger charge is 2.26. The van der Waals surface area contributed by atoms with Crippen molar-refractivity contribution in [2.24, 2.45) is 0 Å². The highest BCUT2D eigenvalue weighted by molar-refractivity contribution is 5.65. The Morgan fingerprint density at radius 2 is 2.09 bits per heavy atom. The summed E-state index contributed by atoms with van der Waals surface area (Å²) in [6.07, 6.45) is 0.171. The molecule has 1 saturated heterocycles. The molecule has 0 saturated carbocycles. The summed E-state index contributed by atoms with van der Waals surface area (Å²) in [5.74, 6) is 1.42. The molecular formula is C14H18N6O2. The van der Waals surface area contributed by atoms with Crippen LogP contribution in [0.3, 0.4) is 0 Å². The zero-order valence-corrected chi connectivity index (χ0v) is 12.2. The molecule has 1 aromatic rings. The van der Waals surface area contributed by atoms with Crippen molar-refractivity contribution in [1.82, 2.24) is 20.2 Å². The van der Waals surface area contributed by atoms with Gasteiger partial charge in [0, 0.05) is 38.3 Å². The van der Waals surface area contributed by atoms with Crippen molar-refractivity contribution >= 4 is 11.9 Å². The largest absolute Gasteiger partial charge is 0.465 e. The summed E-state index contributed by atoms with van der Waals surface area (Å²) in [7, 11) is 0. The van der Waals surface area contributed by atoms with Crippen LogP contribution < -0.4 is 10.2 Å². The Bertz CT molecular complexity index is 618. The van der Waals surface area contributed by atoms with Crippen LogP contribution in [0.1, 0.15) is 17.1 Å². The molecule has 8 heteroatoms. The maximum atomic E-state index is 11.0. The van der Waals surface area contributed by atoms with Crippen molar-refractivity contribution in [1.29, 1.82) is 5.26 Å². The van der Waals surface area contributed by atoms with E-state index in [1.807, 2.05) is 0 Å². The lowest BCUT2D eigenvalue weighted by Gasteiger charge is -2.35. The summed E-state index contributed by atoms with van der Waals surface area (Å²) in [6.45, 7) is 3.76. The lowest BCUT2D eigenvalue weighted by atomic mass is 10.1. The summed E-state index contributed by atoms with van der Waals surface area (Å²) in [4.78, 5) is 23.6. The number of nitriles is 1. The standard InChI is InChI=1S/C14H18N6O2/c15-3-1-12-17-11-9-16-4-2-10(11)13(18-12)19-5-7-20(8-6-19)14(21)22/h16H,1-2,4-9H2,(H,21,22). The molecule has 0 aromatic carbocycles. The highest BCUT2D eigenvalue weighted by atomic mass is 16.4. The van der Waals surface area contributed by atoms with Gasteiger partial charge in [0.2, 0.25) is 0 Å². The van der Waals surface area contributed by atoms with Gasteiger partial charge in [-0.2, -0.15) is 5.26 Å². The zero-order chi connectivity index (χ0) is 15.5. The van der Waals surface area contributed by atoms with E-state index in [2.05, 4.69) is 26.3 Å². The van der Waals surface area contributed by atoms with E-state index in [1.54, 1.807) is 0 Å². The molecule has 116 valence electrons. The minimum absolute atomic E-state index is 0.190. The Balaban J connectivity index is 1.88. The molecule has 2 aliphatic heterocycles. The van der Waals surface area contributed by atoms with Crippen LogP contribution in [0, 0.1) is 11.3 Å². The first kappa shape index (κ1) is 14.5. The number of nitrogens with zero attached hydrogens (tertiary/aromatic N) is 5. The molecule has 1 fully saturated rings. The van der Waals surface area contributed by atoms with Gasteiger partial charge in [0.05, 0.1) is 18.2 Å². The minimum atomic E-state index is -0.876. The van der Waals surface area contributed by atoms with E-state index in [4.69, 9.17) is 10.4 Å². The predicted molar refractivity (Wildman–Crippen MR) is 78.6 cm³/mol. The van der Waals surface area contributed by atoms with E-state index in [0.29, 0.717) is 38.5 Å². The van der Waals surface area contributed by atoms with Gasteiger partial charge >= 0.3 is 6.09 Å². The molecule has 22 heavy (non-hydrogen) atoms. The molecular weight excluding hydrogens is 284 g/mol. The Morgan fingerprint density at radius 3 is 2.77 bits per heavy atom. The number of hydrogen-bond donors (Lipinski definition) is 2. The van der Waals surface area contributed by atoms with E-state index in [1.165, 1.54) is 4.90 Å². The van der Waals surface area contributed by atoms with Crippen LogP contribution in [-0.4, -0.2) is 58.8 Å². The number of amides is 1. The number of carboxylic acid groups (broad SMARTS) is 1. The van der Waals surface area contributed by atoms with Crippen molar-refractivity contribution in [2.45, 2.75) is 19.4 Å². The average Bonchev–Trinajstić information content (AvgIpc) is 2.54. The number of nitrogens with one attached hydrogen (secondary N) is 1. The second-order valence-electron chi connectivity index (χ2n) is 5.41. The van der Waals surface area contributed by atoms with Gasteiger partial charge in [-0.25, -0.2) is 14.8 Å². The molecule has 0 unspecified atom stereocenters. The quantitative estimate of drug-likeness (QED) is 0.791. The predicted octanol–water partition coefficient (Wildman–Crippen LogP) is -0.0116.